The number of allylic oxidation sites excluding steroid dienone is 1. The Bertz CT molecular complexity index is 2520. The van der Waals surface area contributed by atoms with E-state index in [9.17, 15) is 23.3 Å². The van der Waals surface area contributed by atoms with Gasteiger partial charge in [0.05, 0.1) is 21.6 Å². The summed E-state index contributed by atoms with van der Waals surface area (Å²) in [7, 11) is -4.62. The lowest BCUT2D eigenvalue weighted by Gasteiger charge is -2.53. The van der Waals surface area contributed by atoms with Crippen molar-refractivity contribution in [2.75, 3.05) is 62.7 Å². The Morgan fingerprint density at radius 1 is 1.03 bits per heavy atom. The summed E-state index contributed by atoms with van der Waals surface area (Å²) in [4.78, 5) is 37.1. The third kappa shape index (κ3) is 9.30. The SMILES string of the molecule is C[C@H]1C[C@@H](C2=C(CN3CCN(c4ccc(C(=O)NS(=O)(=O)c5ccc(NCC6(F)CCOCC6)c([N+](=O)[O-])c5)c(Oc5cnc6[nH]ccc6c5)c4)CC3)CCC(C)(C)C2)C2CC1C2. The smallest absolute Gasteiger partial charge is 0.293 e. The minimum Gasteiger partial charge on any atom is -0.455 e. The van der Waals surface area contributed by atoms with E-state index in [0.29, 0.717) is 16.8 Å². The van der Waals surface area contributed by atoms with Crippen LogP contribution in [0.1, 0.15) is 82.5 Å². The van der Waals surface area contributed by atoms with E-state index in [-0.39, 0.29) is 49.6 Å². The zero-order chi connectivity index (χ0) is 44.1. The average Bonchev–Trinajstić information content (AvgIpc) is 3.71. The zero-order valence-electron chi connectivity index (χ0n) is 36.3. The molecular weight excluding hydrogens is 826 g/mol. The summed E-state index contributed by atoms with van der Waals surface area (Å²) >= 11 is 0. The van der Waals surface area contributed by atoms with Crippen LogP contribution in [0, 0.1) is 39.2 Å². The van der Waals surface area contributed by atoms with Crippen molar-refractivity contribution in [1.29, 1.82) is 0 Å². The van der Waals surface area contributed by atoms with Crippen LogP contribution < -0.4 is 19.7 Å². The third-order valence-corrected chi connectivity index (χ3v) is 15.9. The highest BCUT2D eigenvalue weighted by Crippen LogP contribution is 2.57. The molecule has 2 bridgehead atoms. The number of nitro groups is 1. The molecule has 5 fully saturated rings. The van der Waals surface area contributed by atoms with Gasteiger partial charge in [-0.3, -0.25) is 19.8 Å². The van der Waals surface area contributed by atoms with E-state index >= 15 is 4.39 Å². The first kappa shape index (κ1) is 43.2. The van der Waals surface area contributed by atoms with E-state index < -0.39 is 37.1 Å². The summed E-state index contributed by atoms with van der Waals surface area (Å²) in [6, 6.07) is 11.9. The Kier molecular flexibility index (Phi) is 11.8. The lowest BCUT2D eigenvalue weighted by atomic mass is 9.52. The maximum Gasteiger partial charge on any atom is 0.293 e. The fourth-order valence-electron chi connectivity index (χ4n) is 10.6. The van der Waals surface area contributed by atoms with E-state index in [1.54, 1.807) is 41.6 Å². The van der Waals surface area contributed by atoms with Gasteiger partial charge in [0, 0.05) is 94.7 Å². The van der Waals surface area contributed by atoms with Gasteiger partial charge in [0.2, 0.25) is 0 Å². The Morgan fingerprint density at radius 3 is 2.56 bits per heavy atom. The number of carbonyl (C=O) groups is 1. The molecule has 10 rings (SSSR count). The van der Waals surface area contributed by atoms with Gasteiger partial charge in [0.15, 0.2) is 0 Å². The molecule has 0 radical (unpaired) electrons. The standard InChI is InChI=1S/C47H58FN7O7S/c1-30-20-39(34-21-33(30)22-34)40-26-46(2,3)10-8-32(40)28-53-14-16-54(17-15-53)35-4-6-38(43(24-35)62-36-23-31-9-13-49-44(31)50-27-36)45(56)52-63(59,60)37-5-7-41(42(25-37)55(57)58)51-29-47(48)11-18-61-19-12-47/h4-7,9,13,23-25,27,30,33-34,39,51H,8,10-12,14-22,26,28-29H2,1-3H3,(H,49,50)(H,52,56)/t30-,33?,34?,39+/m0/s1. The van der Waals surface area contributed by atoms with Gasteiger partial charge in [-0.1, -0.05) is 31.9 Å². The van der Waals surface area contributed by atoms with Crippen LogP contribution >= 0.6 is 0 Å². The molecule has 4 aliphatic carbocycles. The molecule has 3 N–H and O–H groups in total. The van der Waals surface area contributed by atoms with E-state index in [2.05, 4.69) is 50.6 Å². The van der Waals surface area contributed by atoms with Gasteiger partial charge >= 0.3 is 0 Å². The predicted molar refractivity (Wildman–Crippen MR) is 240 cm³/mol. The number of hydrogen-bond acceptors (Lipinski definition) is 11. The van der Waals surface area contributed by atoms with Gasteiger partial charge in [-0.25, -0.2) is 22.5 Å². The summed E-state index contributed by atoms with van der Waals surface area (Å²) in [5, 5.41) is 15.6. The molecule has 14 nitrogen and oxygen atoms in total. The number of sulfonamides is 1. The number of amides is 1. The highest BCUT2D eigenvalue weighted by Gasteiger charge is 2.47. The van der Waals surface area contributed by atoms with Crippen molar-refractivity contribution < 1.29 is 32.0 Å². The van der Waals surface area contributed by atoms with Crippen molar-refractivity contribution in [3.05, 3.63) is 87.7 Å². The number of piperazine rings is 1. The number of benzene rings is 2. The van der Waals surface area contributed by atoms with Crippen molar-refractivity contribution in [2.45, 2.75) is 82.7 Å². The second kappa shape index (κ2) is 17.1. The van der Waals surface area contributed by atoms with Gasteiger partial charge < -0.3 is 24.7 Å². The number of H-pyrrole nitrogens is 1. The number of nitro benzene ring substituents is 1. The quantitative estimate of drug-likeness (QED) is 0.0667. The molecule has 0 unspecified atom stereocenters. The summed E-state index contributed by atoms with van der Waals surface area (Å²) in [6.07, 6.45) is 11.3. The zero-order valence-corrected chi connectivity index (χ0v) is 37.1. The first-order valence-corrected chi connectivity index (χ1v) is 23.9. The van der Waals surface area contributed by atoms with Gasteiger partial charge in [-0.15, -0.1) is 0 Å². The van der Waals surface area contributed by atoms with E-state index in [1.807, 2.05) is 6.07 Å². The normalized spacial score (nSPS) is 24.7. The fraction of sp³-hybridized carbons (Fsp3) is 0.532. The number of ether oxygens (including phenoxy) is 2. The largest absolute Gasteiger partial charge is 0.455 e. The van der Waals surface area contributed by atoms with Gasteiger partial charge in [0.25, 0.3) is 21.6 Å². The number of aromatic nitrogens is 2. The molecule has 2 atom stereocenters. The molecule has 4 heterocycles. The summed E-state index contributed by atoms with van der Waals surface area (Å²) < 4.78 is 56.3. The highest BCUT2D eigenvalue weighted by molar-refractivity contribution is 7.90. The van der Waals surface area contributed by atoms with Gasteiger partial charge in [0.1, 0.15) is 28.5 Å². The first-order valence-electron chi connectivity index (χ1n) is 22.4. The highest BCUT2D eigenvalue weighted by atomic mass is 32.2. The number of nitrogens with one attached hydrogen (secondary N) is 3. The number of carbonyl (C=O) groups excluding carboxylic acids is 1. The van der Waals surface area contributed by atoms with Crippen LogP contribution in [-0.4, -0.2) is 92.3 Å². The van der Waals surface area contributed by atoms with Crippen LogP contribution in [0.4, 0.5) is 21.5 Å². The van der Waals surface area contributed by atoms with E-state index in [0.717, 1.165) is 79.6 Å². The summed E-state index contributed by atoms with van der Waals surface area (Å²) in [5.74, 6) is 2.83. The molecule has 4 aromatic rings. The molecule has 1 amide bonds. The molecule has 6 aliphatic rings. The minimum absolute atomic E-state index is 0.0425. The van der Waals surface area contributed by atoms with Crippen LogP contribution in [0.2, 0.25) is 0 Å². The Balaban J connectivity index is 0.922. The first-order chi connectivity index (χ1) is 30.1. The molecular formula is C47H58FN7O7S. The van der Waals surface area contributed by atoms with Crippen LogP contribution in [0.15, 0.2) is 77.0 Å². The van der Waals surface area contributed by atoms with Crippen LogP contribution in [0.5, 0.6) is 11.5 Å². The molecule has 2 aromatic carbocycles. The van der Waals surface area contributed by atoms with Gasteiger partial charge in [-0.05, 0) is 104 Å². The maximum absolute atomic E-state index is 15.2. The van der Waals surface area contributed by atoms with E-state index in [4.69, 9.17) is 9.47 Å². The second-order valence-corrected chi connectivity index (χ2v) is 21.1. The predicted octanol–water partition coefficient (Wildman–Crippen LogP) is 8.62. The summed E-state index contributed by atoms with van der Waals surface area (Å²) in [6.45, 7) is 11.9. The molecule has 0 spiro atoms. The number of nitrogens with zero attached hydrogens (tertiary/aromatic N) is 4. The number of fused-ring (bicyclic) bond motifs is 3. The Morgan fingerprint density at radius 2 is 1.81 bits per heavy atom. The Labute approximate surface area is 368 Å². The molecule has 2 aliphatic heterocycles. The minimum atomic E-state index is -4.62. The van der Waals surface area contributed by atoms with Crippen molar-refractivity contribution in [3.63, 3.8) is 0 Å². The number of alkyl halides is 1. The molecule has 336 valence electrons. The monoisotopic (exact) mass is 883 g/mol. The Hall–Kier alpha value is -5.06. The van der Waals surface area contributed by atoms with Crippen molar-refractivity contribution in [1.82, 2.24) is 19.6 Å². The fourth-order valence-corrected chi connectivity index (χ4v) is 11.6. The molecule has 16 heteroatoms. The van der Waals surface area contributed by atoms with Crippen molar-refractivity contribution in [3.8, 4) is 11.5 Å². The second-order valence-electron chi connectivity index (χ2n) is 19.4. The molecule has 2 aromatic heterocycles. The number of pyridine rings is 1. The number of hydrogen-bond donors (Lipinski definition) is 3. The number of anilines is 2. The van der Waals surface area contributed by atoms with Crippen molar-refractivity contribution >= 4 is 44.0 Å². The maximum atomic E-state index is 15.2. The van der Waals surface area contributed by atoms with Crippen molar-refractivity contribution in [2.24, 2.45) is 29.1 Å². The summed E-state index contributed by atoms with van der Waals surface area (Å²) in [5.41, 5.74) is 2.96. The average molecular weight is 884 g/mol. The number of rotatable bonds is 13. The van der Waals surface area contributed by atoms with E-state index in [1.165, 1.54) is 50.8 Å². The van der Waals surface area contributed by atoms with Crippen LogP contribution in [0.3, 0.4) is 0 Å². The molecule has 3 saturated carbocycles. The third-order valence-electron chi connectivity index (χ3n) is 14.5. The lowest BCUT2D eigenvalue weighted by molar-refractivity contribution is -0.384. The van der Waals surface area contributed by atoms with Crippen LogP contribution in [0.25, 0.3) is 11.0 Å². The van der Waals surface area contributed by atoms with Crippen LogP contribution in [-0.2, 0) is 14.8 Å². The topological polar surface area (TPSA) is 172 Å². The molecule has 2 saturated heterocycles. The lowest BCUT2D eigenvalue weighted by Crippen LogP contribution is -2.48. The molecule has 63 heavy (non-hydrogen) atoms. The van der Waals surface area contributed by atoms with Gasteiger partial charge in [-0.2, -0.15) is 0 Å². The number of halogens is 1. The number of aromatic amines is 1.